The highest BCUT2D eigenvalue weighted by Crippen LogP contribution is 2.33. The summed E-state index contributed by atoms with van der Waals surface area (Å²) in [6.45, 7) is 5.09. The molecule has 0 saturated carbocycles. The summed E-state index contributed by atoms with van der Waals surface area (Å²) in [5.41, 5.74) is 0. The molecule has 0 aromatic rings. The lowest BCUT2D eigenvalue weighted by atomic mass is 9.78. The molecule has 0 N–H and O–H groups in total. The number of rotatable bonds is 17. The Morgan fingerprint density at radius 3 is 2.26 bits per heavy atom. The van der Waals surface area contributed by atoms with E-state index < -0.39 is 0 Å². The molecular formula is C29H46O6. The van der Waals surface area contributed by atoms with Crippen LogP contribution in [0, 0.1) is 11.8 Å². The van der Waals surface area contributed by atoms with Crippen molar-refractivity contribution in [3.63, 3.8) is 0 Å². The van der Waals surface area contributed by atoms with Crippen LogP contribution >= 0.6 is 0 Å². The summed E-state index contributed by atoms with van der Waals surface area (Å²) in [6.07, 6.45) is 23.2. The van der Waals surface area contributed by atoms with Crippen LogP contribution in [0.2, 0.25) is 0 Å². The molecule has 6 nitrogen and oxygen atoms in total. The fraction of sp³-hybridized carbons (Fsp3) is 0.690. The number of carbonyl (C=O) groups is 3. The van der Waals surface area contributed by atoms with Gasteiger partial charge in [0.05, 0.1) is 7.11 Å². The lowest BCUT2D eigenvalue weighted by molar-refractivity contribution is -0.150. The van der Waals surface area contributed by atoms with Gasteiger partial charge in [-0.3, -0.25) is 14.4 Å². The molecule has 1 rings (SSSR count). The lowest BCUT2D eigenvalue weighted by Crippen LogP contribution is -2.32. The zero-order valence-corrected chi connectivity index (χ0v) is 22.2. The number of ether oxygens (including phenoxy) is 3. The molecular weight excluding hydrogens is 444 g/mol. The van der Waals surface area contributed by atoms with Gasteiger partial charge in [0.25, 0.3) is 0 Å². The predicted octanol–water partition coefficient (Wildman–Crippen LogP) is 6.64. The second kappa shape index (κ2) is 18.9. The van der Waals surface area contributed by atoms with Crippen molar-refractivity contribution < 1.29 is 28.6 Å². The van der Waals surface area contributed by atoms with E-state index in [-0.39, 0.29) is 42.0 Å². The van der Waals surface area contributed by atoms with Crippen molar-refractivity contribution in [3.05, 3.63) is 36.5 Å². The van der Waals surface area contributed by atoms with E-state index in [2.05, 4.69) is 25.2 Å². The van der Waals surface area contributed by atoms with Gasteiger partial charge in [-0.1, -0.05) is 69.4 Å². The zero-order chi connectivity index (χ0) is 25.9. The molecule has 0 aromatic carbocycles. The molecule has 0 saturated heterocycles. The number of hydrogen-bond donors (Lipinski definition) is 0. The maximum absolute atomic E-state index is 11.7. The molecule has 6 heteroatoms. The van der Waals surface area contributed by atoms with Crippen LogP contribution in [-0.2, 0) is 28.6 Å². The standard InChI is InChI=1S/C29H46O6/c1-5-6-7-8-9-10-18-26(34-23(2)30)19-13-11-16-25-17-12-14-20-27(25)28(35-24(3)31)21-15-22-29(32)33-4/h11-14,16,19,25-28H,5-10,15,17-18,20-22H2,1-4H3/b16-11+,19-13+/t25-,26?,27+,28?/m0/s1. The van der Waals surface area contributed by atoms with Gasteiger partial charge < -0.3 is 14.2 Å². The highest BCUT2D eigenvalue weighted by Gasteiger charge is 2.30. The van der Waals surface area contributed by atoms with Crippen LogP contribution in [0.25, 0.3) is 0 Å². The maximum atomic E-state index is 11.7. The fourth-order valence-corrected chi connectivity index (χ4v) is 4.56. The molecule has 0 bridgehead atoms. The third-order valence-corrected chi connectivity index (χ3v) is 6.38. The highest BCUT2D eigenvalue weighted by atomic mass is 16.5. The molecule has 0 amide bonds. The first-order valence-electron chi connectivity index (χ1n) is 13.3. The van der Waals surface area contributed by atoms with Gasteiger partial charge >= 0.3 is 17.9 Å². The summed E-state index contributed by atoms with van der Waals surface area (Å²) in [4.78, 5) is 34.7. The van der Waals surface area contributed by atoms with Gasteiger partial charge in [0, 0.05) is 26.2 Å². The Kier molecular flexibility index (Phi) is 16.6. The third-order valence-electron chi connectivity index (χ3n) is 6.38. The molecule has 4 atom stereocenters. The van der Waals surface area contributed by atoms with Crippen LogP contribution in [0.5, 0.6) is 0 Å². The van der Waals surface area contributed by atoms with E-state index in [0.717, 1.165) is 32.1 Å². The summed E-state index contributed by atoms with van der Waals surface area (Å²) in [7, 11) is 1.38. The van der Waals surface area contributed by atoms with E-state index in [0.29, 0.717) is 19.3 Å². The average Bonchev–Trinajstić information content (AvgIpc) is 2.82. The van der Waals surface area contributed by atoms with Crippen molar-refractivity contribution in [2.75, 3.05) is 7.11 Å². The molecule has 198 valence electrons. The van der Waals surface area contributed by atoms with Gasteiger partial charge in [-0.25, -0.2) is 0 Å². The predicted molar refractivity (Wildman–Crippen MR) is 139 cm³/mol. The van der Waals surface area contributed by atoms with Gasteiger partial charge in [-0.15, -0.1) is 0 Å². The molecule has 1 aliphatic rings. The van der Waals surface area contributed by atoms with Gasteiger partial charge in [0.2, 0.25) is 0 Å². The van der Waals surface area contributed by atoms with Crippen molar-refractivity contribution in [2.45, 2.75) is 110 Å². The molecule has 1 aliphatic carbocycles. The first-order valence-corrected chi connectivity index (χ1v) is 13.3. The van der Waals surface area contributed by atoms with Gasteiger partial charge in [0.15, 0.2) is 0 Å². The first kappa shape index (κ1) is 30.7. The quantitative estimate of drug-likeness (QED) is 0.0748. The van der Waals surface area contributed by atoms with Crippen LogP contribution < -0.4 is 0 Å². The van der Waals surface area contributed by atoms with E-state index in [1.54, 1.807) is 0 Å². The van der Waals surface area contributed by atoms with Crippen LogP contribution in [0.15, 0.2) is 36.5 Å². The number of unbranched alkanes of at least 4 members (excludes halogenated alkanes) is 5. The second-order valence-electron chi connectivity index (χ2n) is 9.36. The van der Waals surface area contributed by atoms with E-state index >= 15 is 0 Å². The number of methoxy groups -OCH3 is 1. The molecule has 35 heavy (non-hydrogen) atoms. The molecule has 2 unspecified atom stereocenters. The van der Waals surface area contributed by atoms with Crippen molar-refractivity contribution in [3.8, 4) is 0 Å². The Morgan fingerprint density at radius 1 is 0.886 bits per heavy atom. The molecule has 0 heterocycles. The molecule has 0 spiro atoms. The van der Waals surface area contributed by atoms with Crippen LogP contribution in [-0.4, -0.2) is 37.2 Å². The Morgan fingerprint density at radius 2 is 1.57 bits per heavy atom. The number of allylic oxidation sites excluding steroid dienone is 5. The Balaban J connectivity index is 2.71. The smallest absolute Gasteiger partial charge is 0.305 e. The monoisotopic (exact) mass is 490 g/mol. The minimum absolute atomic E-state index is 0.151. The van der Waals surface area contributed by atoms with E-state index in [1.807, 2.05) is 18.2 Å². The van der Waals surface area contributed by atoms with Crippen molar-refractivity contribution in [2.24, 2.45) is 11.8 Å². The van der Waals surface area contributed by atoms with E-state index in [1.165, 1.54) is 46.6 Å². The topological polar surface area (TPSA) is 78.9 Å². The Labute approximate surface area is 212 Å². The highest BCUT2D eigenvalue weighted by molar-refractivity contribution is 5.69. The van der Waals surface area contributed by atoms with Crippen LogP contribution in [0.1, 0.15) is 97.8 Å². The van der Waals surface area contributed by atoms with E-state index in [4.69, 9.17) is 14.2 Å². The minimum atomic E-state index is -0.302. The summed E-state index contributed by atoms with van der Waals surface area (Å²) >= 11 is 0. The number of esters is 3. The molecule has 0 radical (unpaired) electrons. The third kappa shape index (κ3) is 14.6. The normalized spacial score (nSPS) is 19.5. The SMILES string of the molecule is CCCCCCCCC(/C=C/C=C/[C@H]1CC=CC[C@H]1C(CCCC(=O)OC)OC(C)=O)OC(C)=O. The average molecular weight is 491 g/mol. The lowest BCUT2D eigenvalue weighted by Gasteiger charge is -2.33. The largest absolute Gasteiger partial charge is 0.469 e. The molecule has 0 fully saturated rings. The minimum Gasteiger partial charge on any atom is -0.469 e. The number of hydrogen-bond acceptors (Lipinski definition) is 6. The van der Waals surface area contributed by atoms with E-state index in [9.17, 15) is 14.4 Å². The van der Waals surface area contributed by atoms with Gasteiger partial charge in [-0.05, 0) is 50.5 Å². The Hall–Kier alpha value is -2.37. The molecule has 0 aliphatic heterocycles. The summed E-state index contributed by atoms with van der Waals surface area (Å²) < 4.78 is 15.9. The zero-order valence-electron chi connectivity index (χ0n) is 22.2. The number of carbonyl (C=O) groups excluding carboxylic acids is 3. The van der Waals surface area contributed by atoms with Crippen molar-refractivity contribution in [1.82, 2.24) is 0 Å². The van der Waals surface area contributed by atoms with Crippen LogP contribution in [0.3, 0.4) is 0 Å². The fourth-order valence-electron chi connectivity index (χ4n) is 4.56. The summed E-state index contributed by atoms with van der Waals surface area (Å²) in [5, 5.41) is 0. The summed E-state index contributed by atoms with van der Waals surface area (Å²) in [5.74, 6) is -0.441. The maximum Gasteiger partial charge on any atom is 0.305 e. The Bertz CT molecular complexity index is 708. The van der Waals surface area contributed by atoms with Crippen molar-refractivity contribution >= 4 is 17.9 Å². The molecule has 0 aromatic heterocycles. The van der Waals surface area contributed by atoms with Crippen molar-refractivity contribution in [1.29, 1.82) is 0 Å². The van der Waals surface area contributed by atoms with Gasteiger partial charge in [0.1, 0.15) is 12.2 Å². The summed E-state index contributed by atoms with van der Waals surface area (Å²) in [6, 6.07) is 0. The second-order valence-corrected chi connectivity index (χ2v) is 9.36. The van der Waals surface area contributed by atoms with Crippen LogP contribution in [0.4, 0.5) is 0 Å². The van der Waals surface area contributed by atoms with Gasteiger partial charge in [-0.2, -0.15) is 0 Å². The first-order chi connectivity index (χ1) is 16.9.